The fourth-order valence-corrected chi connectivity index (χ4v) is 3.19. The summed E-state index contributed by atoms with van der Waals surface area (Å²) in [6.07, 6.45) is 3.18. The van der Waals surface area contributed by atoms with Gasteiger partial charge in [-0.15, -0.1) is 0 Å². The second-order valence-electron chi connectivity index (χ2n) is 6.12. The Hall–Kier alpha value is -3.18. The first-order valence-electron chi connectivity index (χ1n) is 8.58. The van der Waals surface area contributed by atoms with Gasteiger partial charge in [0.15, 0.2) is 0 Å². The molecule has 6 heteroatoms. The van der Waals surface area contributed by atoms with Crippen molar-refractivity contribution in [3.05, 3.63) is 95.0 Å². The maximum atomic E-state index is 12.3. The smallest absolute Gasteiger partial charge is 0.253 e. The van der Waals surface area contributed by atoms with Gasteiger partial charge in [-0.1, -0.05) is 41.9 Å². The number of benzene rings is 2. The number of imidazole rings is 1. The Kier molecular flexibility index (Phi) is 4.85. The normalized spacial score (nSPS) is 10.9. The van der Waals surface area contributed by atoms with E-state index in [1.165, 1.54) is 0 Å². The molecule has 0 spiro atoms. The van der Waals surface area contributed by atoms with Crippen molar-refractivity contribution in [2.45, 2.75) is 13.1 Å². The molecule has 1 amide bonds. The zero-order chi connectivity index (χ0) is 18.6. The summed E-state index contributed by atoms with van der Waals surface area (Å²) in [5.74, 6) is 0.591. The number of fused-ring (bicyclic) bond motifs is 1. The number of nitrogens with zero attached hydrogens (tertiary/aromatic N) is 3. The monoisotopic (exact) mass is 376 g/mol. The largest absolute Gasteiger partial charge is 0.345 e. The van der Waals surface area contributed by atoms with E-state index in [1.54, 1.807) is 24.5 Å². The molecule has 0 fully saturated rings. The second-order valence-corrected chi connectivity index (χ2v) is 6.53. The van der Waals surface area contributed by atoms with Crippen molar-refractivity contribution in [2.75, 3.05) is 0 Å². The molecule has 4 aromatic rings. The average Bonchev–Trinajstić information content (AvgIpc) is 3.06. The number of pyridine rings is 1. The van der Waals surface area contributed by atoms with Crippen molar-refractivity contribution >= 4 is 28.5 Å². The van der Waals surface area contributed by atoms with Crippen LogP contribution in [0.3, 0.4) is 0 Å². The highest BCUT2D eigenvalue weighted by molar-refractivity contribution is 6.31. The highest BCUT2D eigenvalue weighted by atomic mass is 35.5. The van der Waals surface area contributed by atoms with Gasteiger partial charge < -0.3 is 9.88 Å². The Morgan fingerprint density at radius 3 is 2.67 bits per heavy atom. The first-order chi connectivity index (χ1) is 13.2. The Labute approximate surface area is 161 Å². The molecule has 4 rings (SSSR count). The highest BCUT2D eigenvalue weighted by Gasteiger charge is 2.13. The molecule has 0 aliphatic rings. The molecule has 2 aromatic carbocycles. The first kappa shape index (κ1) is 17.2. The van der Waals surface area contributed by atoms with Crippen LogP contribution in [0.2, 0.25) is 5.02 Å². The zero-order valence-electron chi connectivity index (χ0n) is 14.5. The van der Waals surface area contributed by atoms with E-state index in [-0.39, 0.29) is 5.91 Å². The Bertz CT molecular complexity index is 1090. The molecule has 0 aliphatic carbocycles. The quantitative estimate of drug-likeness (QED) is 0.571. The maximum Gasteiger partial charge on any atom is 0.253 e. The lowest BCUT2D eigenvalue weighted by Crippen LogP contribution is -2.25. The fraction of sp³-hybridized carbons (Fsp3) is 0.0952. The minimum atomic E-state index is -0.181. The van der Waals surface area contributed by atoms with Gasteiger partial charge in [0, 0.05) is 17.4 Å². The Balaban J connectivity index is 1.64. The molecule has 0 radical (unpaired) electrons. The van der Waals surface area contributed by atoms with E-state index < -0.39 is 0 Å². The minimum Gasteiger partial charge on any atom is -0.345 e. The van der Waals surface area contributed by atoms with Crippen LogP contribution in [0.15, 0.2) is 73.1 Å². The molecule has 0 aliphatic heterocycles. The van der Waals surface area contributed by atoms with Crippen molar-refractivity contribution in [1.82, 2.24) is 19.9 Å². The number of rotatable bonds is 5. The molecular formula is C21H17ClN4O. The average molecular weight is 377 g/mol. The van der Waals surface area contributed by atoms with Crippen molar-refractivity contribution in [1.29, 1.82) is 0 Å². The van der Waals surface area contributed by atoms with Gasteiger partial charge in [-0.2, -0.15) is 0 Å². The van der Waals surface area contributed by atoms with E-state index in [4.69, 9.17) is 16.6 Å². The molecule has 5 nitrogen and oxygen atoms in total. The van der Waals surface area contributed by atoms with E-state index in [0.717, 1.165) is 22.4 Å². The second kappa shape index (κ2) is 7.60. The van der Waals surface area contributed by atoms with Crippen molar-refractivity contribution in [3.63, 3.8) is 0 Å². The van der Waals surface area contributed by atoms with Crippen LogP contribution in [0, 0.1) is 0 Å². The number of aromatic nitrogens is 3. The van der Waals surface area contributed by atoms with Crippen LogP contribution in [-0.2, 0) is 13.1 Å². The summed E-state index contributed by atoms with van der Waals surface area (Å²) in [5.41, 5.74) is 3.41. The van der Waals surface area contributed by atoms with E-state index in [1.807, 2.05) is 48.5 Å². The molecule has 2 heterocycles. The summed E-state index contributed by atoms with van der Waals surface area (Å²) in [5, 5.41) is 3.63. The molecule has 0 atom stereocenters. The van der Waals surface area contributed by atoms with E-state index >= 15 is 0 Å². The summed E-state index contributed by atoms with van der Waals surface area (Å²) >= 11 is 6.34. The van der Waals surface area contributed by atoms with E-state index in [2.05, 4.69) is 14.9 Å². The third kappa shape index (κ3) is 3.68. The Morgan fingerprint density at radius 1 is 1.04 bits per heavy atom. The van der Waals surface area contributed by atoms with Crippen molar-refractivity contribution in [2.24, 2.45) is 0 Å². The lowest BCUT2D eigenvalue weighted by atomic mass is 10.2. The number of halogens is 1. The molecule has 2 aromatic heterocycles. The molecule has 27 heavy (non-hydrogen) atoms. The van der Waals surface area contributed by atoms with Gasteiger partial charge in [0.2, 0.25) is 0 Å². The molecule has 1 N–H and O–H groups in total. The third-order valence-corrected chi connectivity index (χ3v) is 4.72. The van der Waals surface area contributed by atoms with Gasteiger partial charge in [0.1, 0.15) is 5.82 Å². The summed E-state index contributed by atoms with van der Waals surface area (Å²) in [6.45, 7) is 0.894. The number of hydrogen-bond donors (Lipinski definition) is 1. The summed E-state index contributed by atoms with van der Waals surface area (Å²) < 4.78 is 2.08. The molecule has 0 unspecified atom stereocenters. The predicted molar refractivity (Wildman–Crippen MR) is 106 cm³/mol. The van der Waals surface area contributed by atoms with Gasteiger partial charge in [-0.3, -0.25) is 9.78 Å². The lowest BCUT2D eigenvalue weighted by molar-refractivity contribution is 0.0949. The maximum absolute atomic E-state index is 12.3. The number of nitrogens with one attached hydrogen (secondary N) is 1. The molecular weight excluding hydrogens is 360 g/mol. The van der Waals surface area contributed by atoms with Crippen LogP contribution < -0.4 is 5.32 Å². The molecule has 0 saturated heterocycles. The van der Waals surface area contributed by atoms with Crippen LogP contribution in [-0.4, -0.2) is 20.4 Å². The van der Waals surface area contributed by atoms with Crippen LogP contribution >= 0.6 is 11.6 Å². The lowest BCUT2D eigenvalue weighted by Gasteiger charge is -2.11. The summed E-state index contributed by atoms with van der Waals surface area (Å²) in [6, 6.07) is 19.1. The van der Waals surface area contributed by atoms with Gasteiger partial charge in [0.25, 0.3) is 5.91 Å². The third-order valence-electron chi connectivity index (χ3n) is 4.35. The standard InChI is InChI=1S/C21H17ClN4O/c22-17-8-2-1-6-16(17)14-26-19-10-4-3-9-18(19)25-20(26)13-24-21(27)15-7-5-11-23-12-15/h1-12H,13-14H2,(H,24,27). The summed E-state index contributed by atoms with van der Waals surface area (Å²) in [7, 11) is 0. The van der Waals surface area contributed by atoms with E-state index in [0.29, 0.717) is 23.7 Å². The number of para-hydroxylation sites is 2. The zero-order valence-corrected chi connectivity index (χ0v) is 15.2. The summed E-state index contributed by atoms with van der Waals surface area (Å²) in [4.78, 5) is 21.0. The van der Waals surface area contributed by atoms with Crippen LogP contribution in [0.1, 0.15) is 21.7 Å². The first-order valence-corrected chi connectivity index (χ1v) is 8.96. The van der Waals surface area contributed by atoms with Crippen molar-refractivity contribution in [3.8, 4) is 0 Å². The van der Waals surface area contributed by atoms with Crippen LogP contribution in [0.25, 0.3) is 11.0 Å². The van der Waals surface area contributed by atoms with Gasteiger partial charge >= 0.3 is 0 Å². The Morgan fingerprint density at radius 2 is 1.85 bits per heavy atom. The fourth-order valence-electron chi connectivity index (χ4n) is 2.99. The highest BCUT2D eigenvalue weighted by Crippen LogP contribution is 2.21. The number of carbonyl (C=O) groups is 1. The number of carbonyl (C=O) groups excluding carboxylic acids is 1. The van der Waals surface area contributed by atoms with Gasteiger partial charge in [-0.25, -0.2) is 4.98 Å². The van der Waals surface area contributed by atoms with E-state index in [9.17, 15) is 4.79 Å². The topological polar surface area (TPSA) is 59.8 Å². The number of amides is 1. The predicted octanol–water partition coefficient (Wildman–Crippen LogP) is 4.06. The van der Waals surface area contributed by atoms with Crippen LogP contribution in [0.4, 0.5) is 0 Å². The van der Waals surface area contributed by atoms with Crippen molar-refractivity contribution < 1.29 is 4.79 Å². The SMILES string of the molecule is O=C(NCc1nc2ccccc2n1Cc1ccccc1Cl)c1cccnc1. The number of hydrogen-bond acceptors (Lipinski definition) is 3. The minimum absolute atomic E-state index is 0.181. The molecule has 134 valence electrons. The van der Waals surface area contributed by atoms with Gasteiger partial charge in [0.05, 0.1) is 29.7 Å². The van der Waals surface area contributed by atoms with Gasteiger partial charge in [-0.05, 0) is 35.9 Å². The molecule has 0 bridgehead atoms. The van der Waals surface area contributed by atoms with Crippen LogP contribution in [0.5, 0.6) is 0 Å². The molecule has 0 saturated carbocycles.